The topological polar surface area (TPSA) is 81.4 Å². The Balaban J connectivity index is 1.45. The van der Waals surface area contributed by atoms with Crippen LogP contribution in [0, 0.1) is 5.82 Å². The molecule has 0 saturated heterocycles. The second kappa shape index (κ2) is 9.89. The Morgan fingerprint density at radius 1 is 1.05 bits per heavy atom. The van der Waals surface area contributed by atoms with Gasteiger partial charge >= 0.3 is 0 Å². The molecule has 38 heavy (non-hydrogen) atoms. The molecule has 0 radical (unpaired) electrons. The van der Waals surface area contributed by atoms with Gasteiger partial charge in [-0.2, -0.15) is 4.98 Å². The molecule has 0 spiro atoms. The minimum absolute atomic E-state index is 0.245. The number of fused-ring (bicyclic) bond motifs is 2. The third kappa shape index (κ3) is 4.30. The van der Waals surface area contributed by atoms with Crippen LogP contribution >= 0.6 is 0 Å². The van der Waals surface area contributed by atoms with Crippen LogP contribution in [0.1, 0.15) is 28.7 Å². The van der Waals surface area contributed by atoms with Crippen molar-refractivity contribution < 1.29 is 18.3 Å². The summed E-state index contributed by atoms with van der Waals surface area (Å²) in [7, 11) is 0. The Morgan fingerprint density at radius 3 is 2.74 bits per heavy atom. The molecule has 1 aliphatic rings. The van der Waals surface area contributed by atoms with E-state index in [4.69, 9.17) is 14.1 Å². The molecular formula is C30H23FN4O3. The predicted molar refractivity (Wildman–Crippen MR) is 143 cm³/mol. The molecule has 4 heterocycles. The van der Waals surface area contributed by atoms with Gasteiger partial charge in [-0.05, 0) is 78.9 Å². The molecule has 2 aromatic carbocycles. The molecule has 8 heteroatoms. The van der Waals surface area contributed by atoms with Crippen LogP contribution in [-0.4, -0.2) is 34.0 Å². The van der Waals surface area contributed by atoms with Crippen molar-refractivity contribution in [3.63, 3.8) is 0 Å². The summed E-state index contributed by atoms with van der Waals surface area (Å²) >= 11 is 0. The molecule has 7 nitrogen and oxygen atoms in total. The van der Waals surface area contributed by atoms with Crippen LogP contribution in [-0.2, 0) is 11.2 Å². The maximum absolute atomic E-state index is 13.7. The monoisotopic (exact) mass is 506 g/mol. The highest BCUT2D eigenvalue weighted by Crippen LogP contribution is 2.38. The molecule has 188 valence electrons. The number of anilines is 1. The fourth-order valence-corrected chi connectivity index (χ4v) is 4.58. The zero-order chi connectivity index (χ0) is 26.1. The first-order chi connectivity index (χ1) is 18.6. The lowest BCUT2D eigenvalue weighted by molar-refractivity contribution is 0.0974. The molecule has 0 atom stereocenters. The lowest BCUT2D eigenvalue weighted by Crippen LogP contribution is -2.38. The van der Waals surface area contributed by atoms with Gasteiger partial charge in [-0.3, -0.25) is 19.7 Å². The Hall–Kier alpha value is -4.85. The fraction of sp³-hybridized carbons (Fsp3) is 0.133. The first-order valence-electron chi connectivity index (χ1n) is 12.3. The van der Waals surface area contributed by atoms with Gasteiger partial charge in [0.25, 0.3) is 5.91 Å². The molecule has 0 bridgehead atoms. The zero-order valence-electron chi connectivity index (χ0n) is 20.6. The summed E-state index contributed by atoms with van der Waals surface area (Å²) in [6.45, 7) is 2.93. The number of rotatable bonds is 6. The van der Waals surface area contributed by atoms with Crippen LogP contribution < -0.4 is 4.90 Å². The van der Waals surface area contributed by atoms with E-state index in [0.717, 1.165) is 27.6 Å². The second-order valence-corrected chi connectivity index (χ2v) is 8.79. The Labute approximate surface area is 218 Å². The number of hydrogen-bond acceptors (Lipinski definition) is 6. The number of halogens is 1. The lowest BCUT2D eigenvalue weighted by atomic mass is 10.0. The van der Waals surface area contributed by atoms with Gasteiger partial charge in [0, 0.05) is 35.5 Å². The molecule has 1 aliphatic heterocycles. The van der Waals surface area contributed by atoms with Gasteiger partial charge in [-0.1, -0.05) is 12.1 Å². The summed E-state index contributed by atoms with van der Waals surface area (Å²) in [5, 5.41) is 1.90. The molecule has 0 aliphatic carbocycles. The van der Waals surface area contributed by atoms with Gasteiger partial charge < -0.3 is 9.15 Å². The zero-order valence-corrected chi connectivity index (χ0v) is 20.6. The largest absolute Gasteiger partial charge is 0.501 e. The predicted octanol–water partition coefficient (Wildman–Crippen LogP) is 6.30. The van der Waals surface area contributed by atoms with E-state index in [2.05, 4.69) is 9.97 Å². The number of oxazole rings is 1. The van der Waals surface area contributed by atoms with Crippen LogP contribution in [0.25, 0.3) is 39.6 Å². The van der Waals surface area contributed by atoms with Crippen molar-refractivity contribution in [2.75, 3.05) is 18.1 Å². The smallest absolute Gasteiger partial charge is 0.278 e. The van der Waals surface area contributed by atoms with Crippen molar-refractivity contribution in [2.24, 2.45) is 0 Å². The van der Waals surface area contributed by atoms with Gasteiger partial charge in [-0.25, -0.2) is 4.39 Å². The number of pyridine rings is 2. The van der Waals surface area contributed by atoms with Gasteiger partial charge in [0.15, 0.2) is 11.6 Å². The van der Waals surface area contributed by atoms with Gasteiger partial charge in [0.1, 0.15) is 11.5 Å². The Kier molecular flexibility index (Phi) is 6.13. The first-order valence-corrected chi connectivity index (χ1v) is 12.3. The molecule has 5 aromatic rings. The summed E-state index contributed by atoms with van der Waals surface area (Å²) in [4.78, 5) is 28.5. The van der Waals surface area contributed by atoms with Crippen molar-refractivity contribution >= 4 is 28.6 Å². The normalized spacial score (nSPS) is 13.3. The number of carbonyl (C=O) groups is 1. The van der Waals surface area contributed by atoms with Crippen molar-refractivity contribution in [1.82, 2.24) is 15.0 Å². The molecular weight excluding hydrogens is 483 g/mol. The number of benzene rings is 2. The Morgan fingerprint density at radius 2 is 1.89 bits per heavy atom. The number of carbonyl (C=O) groups excluding carboxylic acids is 1. The quantitative estimate of drug-likeness (QED) is 0.251. The second-order valence-electron chi connectivity index (χ2n) is 8.79. The van der Waals surface area contributed by atoms with Crippen molar-refractivity contribution in [1.29, 1.82) is 0 Å². The molecule has 0 unspecified atom stereocenters. The van der Waals surface area contributed by atoms with Crippen LogP contribution in [0.2, 0.25) is 0 Å². The van der Waals surface area contributed by atoms with E-state index in [1.807, 2.05) is 49.4 Å². The average Bonchev–Trinajstić information content (AvgIpc) is 3.39. The van der Waals surface area contributed by atoms with E-state index < -0.39 is 0 Å². The fourth-order valence-electron chi connectivity index (χ4n) is 4.58. The summed E-state index contributed by atoms with van der Waals surface area (Å²) in [6, 6.07) is 17.4. The van der Waals surface area contributed by atoms with Crippen molar-refractivity contribution in [2.45, 2.75) is 13.3 Å². The molecule has 0 fully saturated rings. The number of amides is 1. The molecule has 1 amide bonds. The number of ether oxygens (including phenoxy) is 1. The molecule has 0 saturated carbocycles. The molecule has 6 rings (SSSR count). The summed E-state index contributed by atoms with van der Waals surface area (Å²) < 4.78 is 25.3. The maximum atomic E-state index is 13.7. The lowest BCUT2D eigenvalue weighted by Gasteiger charge is -2.26. The third-order valence-electron chi connectivity index (χ3n) is 6.45. The third-order valence-corrected chi connectivity index (χ3v) is 6.45. The SMILES string of the molecule is CCO/C=C/c1nccc2cc(-c3nc(N4CCc5cccnc5C4=O)c(-c4ccc(F)cc4)o3)ccc12. The van der Waals surface area contributed by atoms with Gasteiger partial charge in [0.2, 0.25) is 5.89 Å². The van der Waals surface area contributed by atoms with E-state index >= 15 is 0 Å². The van der Waals surface area contributed by atoms with Gasteiger partial charge in [0.05, 0.1) is 18.6 Å². The average molecular weight is 507 g/mol. The van der Waals surface area contributed by atoms with E-state index in [9.17, 15) is 9.18 Å². The standard InChI is InChI=1S/C30H23FN4O3/c1-2-37-17-13-25-24-10-7-22(18-21(24)11-15-32-25)29-34-28(27(38-29)20-5-8-23(31)9-6-20)35-16-12-19-4-3-14-33-26(19)30(35)36/h3-11,13-15,17-18H,2,12,16H2,1H3/b17-13+. The van der Waals surface area contributed by atoms with Crippen molar-refractivity contribution in [3.8, 4) is 22.8 Å². The highest BCUT2D eigenvalue weighted by molar-refractivity contribution is 6.08. The van der Waals surface area contributed by atoms with E-state index in [1.165, 1.54) is 12.1 Å². The number of nitrogens with zero attached hydrogens (tertiary/aromatic N) is 4. The van der Waals surface area contributed by atoms with Crippen LogP contribution in [0.4, 0.5) is 10.2 Å². The van der Waals surface area contributed by atoms with Crippen LogP contribution in [0.15, 0.2) is 83.7 Å². The maximum Gasteiger partial charge on any atom is 0.278 e. The van der Waals surface area contributed by atoms with Crippen molar-refractivity contribution in [3.05, 3.63) is 102 Å². The minimum atomic E-state index is -0.362. The molecule has 3 aromatic heterocycles. The minimum Gasteiger partial charge on any atom is -0.501 e. The van der Waals surface area contributed by atoms with Crippen LogP contribution in [0.3, 0.4) is 0 Å². The van der Waals surface area contributed by atoms with E-state index in [-0.39, 0.29) is 11.7 Å². The summed E-state index contributed by atoms with van der Waals surface area (Å²) in [5.74, 6) is 0.514. The number of hydrogen-bond donors (Lipinski definition) is 0. The van der Waals surface area contributed by atoms with Gasteiger partial charge in [-0.15, -0.1) is 0 Å². The summed E-state index contributed by atoms with van der Waals surface area (Å²) in [6.07, 6.45) is 7.44. The summed E-state index contributed by atoms with van der Waals surface area (Å²) in [5.41, 5.74) is 3.44. The van der Waals surface area contributed by atoms with E-state index in [0.29, 0.717) is 48.3 Å². The first kappa shape index (κ1) is 23.5. The van der Waals surface area contributed by atoms with E-state index in [1.54, 1.807) is 35.7 Å². The van der Waals surface area contributed by atoms with Crippen LogP contribution in [0.5, 0.6) is 0 Å². The number of aromatic nitrogens is 3. The Bertz CT molecular complexity index is 1680. The highest BCUT2D eigenvalue weighted by atomic mass is 19.1. The molecule has 0 N–H and O–H groups in total. The highest BCUT2D eigenvalue weighted by Gasteiger charge is 2.32.